The Morgan fingerprint density at radius 2 is 1.92 bits per heavy atom. The van der Waals surface area contributed by atoms with Gasteiger partial charge in [0.1, 0.15) is 12.4 Å². The zero-order valence-corrected chi connectivity index (χ0v) is 8.17. The van der Waals surface area contributed by atoms with E-state index in [9.17, 15) is 12.8 Å². The minimum Gasteiger partial charge on any atom is -0.396 e. The molecule has 0 saturated carbocycles. The van der Waals surface area contributed by atoms with Crippen LogP contribution in [0.1, 0.15) is 13.3 Å². The van der Waals surface area contributed by atoms with Gasteiger partial charge < -0.3 is 10.2 Å². The van der Waals surface area contributed by atoms with E-state index in [2.05, 4.69) is 0 Å². The van der Waals surface area contributed by atoms with Crippen LogP contribution in [0.5, 0.6) is 0 Å². The summed E-state index contributed by atoms with van der Waals surface area (Å²) in [4.78, 5) is 0. The van der Waals surface area contributed by atoms with E-state index in [1.54, 1.807) is 6.92 Å². The van der Waals surface area contributed by atoms with Gasteiger partial charge in [-0.3, -0.25) is 4.55 Å². The van der Waals surface area contributed by atoms with Crippen molar-refractivity contribution in [1.82, 2.24) is 0 Å². The van der Waals surface area contributed by atoms with Gasteiger partial charge in [-0.1, -0.05) is 0 Å². The molecule has 0 aromatic carbocycles. The van der Waals surface area contributed by atoms with Gasteiger partial charge in [-0.2, -0.15) is 8.42 Å². The van der Waals surface area contributed by atoms with Crippen LogP contribution in [-0.4, -0.2) is 48.3 Å². The molecule has 0 rings (SSSR count). The van der Waals surface area contributed by atoms with Crippen LogP contribution in [0.25, 0.3) is 0 Å². The van der Waals surface area contributed by atoms with Crippen LogP contribution in [0.2, 0.25) is 0 Å². The maximum absolute atomic E-state index is 10.9. The fourth-order valence-corrected chi connectivity index (χ4v) is 0.479. The smallest absolute Gasteiger partial charge is 0.267 e. The Morgan fingerprint density at radius 3 is 1.92 bits per heavy atom. The first-order chi connectivity index (χ1) is 5.83. The molecule has 0 aromatic heterocycles. The van der Waals surface area contributed by atoms with Gasteiger partial charge in [-0.05, 0) is 13.3 Å². The van der Waals surface area contributed by atoms with Crippen LogP contribution < -0.4 is 0 Å². The average Bonchev–Trinajstić information content (AvgIpc) is 1.84. The second-order valence-corrected chi connectivity index (χ2v) is 3.91. The van der Waals surface area contributed by atoms with Crippen molar-refractivity contribution in [2.75, 3.05) is 19.0 Å². The normalized spacial score (nSPS) is 13.0. The molecule has 13 heavy (non-hydrogen) atoms. The van der Waals surface area contributed by atoms with E-state index in [1.165, 1.54) is 0 Å². The maximum atomic E-state index is 10.9. The lowest BCUT2D eigenvalue weighted by molar-refractivity contribution is 0.148. The predicted octanol–water partition coefficient (Wildman–Crippen LogP) is -0.407. The van der Waals surface area contributed by atoms with Gasteiger partial charge in [0, 0.05) is 6.61 Å². The highest BCUT2D eigenvalue weighted by Crippen LogP contribution is 1.83. The SMILES string of the molecule is CC(O)CCO.O=S(=O)(O)CCF. The Labute approximate surface area is 77.0 Å². The highest BCUT2D eigenvalue weighted by Gasteiger charge is 2.00. The molecule has 0 fully saturated rings. The van der Waals surface area contributed by atoms with E-state index in [-0.39, 0.29) is 12.7 Å². The van der Waals surface area contributed by atoms with Gasteiger partial charge in [-0.15, -0.1) is 0 Å². The molecule has 0 heterocycles. The molecule has 0 aliphatic carbocycles. The van der Waals surface area contributed by atoms with E-state index in [0.29, 0.717) is 6.42 Å². The van der Waals surface area contributed by atoms with Gasteiger partial charge in [0.2, 0.25) is 0 Å². The second-order valence-electron chi connectivity index (χ2n) is 2.34. The number of hydrogen-bond donors (Lipinski definition) is 3. The molecular formula is C6H15FO5S. The quantitative estimate of drug-likeness (QED) is 0.558. The molecule has 82 valence electrons. The Morgan fingerprint density at radius 1 is 1.46 bits per heavy atom. The van der Waals surface area contributed by atoms with Crippen molar-refractivity contribution < 1.29 is 27.6 Å². The van der Waals surface area contributed by atoms with Crippen molar-refractivity contribution in [1.29, 1.82) is 0 Å². The zero-order chi connectivity index (χ0) is 10.9. The van der Waals surface area contributed by atoms with E-state index in [0.717, 1.165) is 0 Å². The van der Waals surface area contributed by atoms with Crippen molar-refractivity contribution in [3.63, 3.8) is 0 Å². The first kappa shape index (κ1) is 15.2. The summed E-state index contributed by atoms with van der Waals surface area (Å²) in [5, 5.41) is 16.5. The first-order valence-corrected chi connectivity index (χ1v) is 5.24. The van der Waals surface area contributed by atoms with Crippen LogP contribution in [0, 0.1) is 0 Å². The van der Waals surface area contributed by atoms with Crippen molar-refractivity contribution in [3.8, 4) is 0 Å². The standard InChI is InChI=1S/C4H10O2.C2H5FO3S/c1-4(6)2-3-5;3-1-2-7(4,5)6/h4-6H,2-3H2,1H3;1-2H2,(H,4,5,6). The third kappa shape index (κ3) is 24.5. The molecule has 0 bridgehead atoms. The van der Waals surface area contributed by atoms with E-state index in [4.69, 9.17) is 14.8 Å². The third-order valence-electron chi connectivity index (χ3n) is 0.882. The fourth-order valence-electron chi connectivity index (χ4n) is 0.284. The average molecular weight is 218 g/mol. The van der Waals surface area contributed by atoms with Crippen molar-refractivity contribution in [2.45, 2.75) is 19.4 Å². The van der Waals surface area contributed by atoms with Crippen LogP contribution in [0.15, 0.2) is 0 Å². The third-order valence-corrected chi connectivity index (χ3v) is 1.55. The first-order valence-electron chi connectivity index (χ1n) is 3.63. The molecule has 0 aromatic rings. The predicted molar refractivity (Wildman–Crippen MR) is 45.8 cm³/mol. The topological polar surface area (TPSA) is 94.8 Å². The molecular weight excluding hydrogens is 203 g/mol. The molecule has 0 amide bonds. The molecule has 0 aliphatic rings. The molecule has 1 atom stereocenters. The van der Waals surface area contributed by atoms with Gasteiger partial charge in [0.15, 0.2) is 0 Å². The molecule has 3 N–H and O–H groups in total. The van der Waals surface area contributed by atoms with E-state index < -0.39 is 22.5 Å². The number of halogens is 1. The molecule has 7 heteroatoms. The van der Waals surface area contributed by atoms with Crippen LogP contribution >= 0.6 is 0 Å². The largest absolute Gasteiger partial charge is 0.396 e. The number of hydrogen-bond acceptors (Lipinski definition) is 4. The van der Waals surface area contributed by atoms with Gasteiger partial charge >= 0.3 is 0 Å². The van der Waals surface area contributed by atoms with Crippen LogP contribution in [0.3, 0.4) is 0 Å². The van der Waals surface area contributed by atoms with Crippen LogP contribution in [-0.2, 0) is 10.1 Å². The lowest BCUT2D eigenvalue weighted by Crippen LogP contribution is -2.04. The van der Waals surface area contributed by atoms with E-state index in [1.807, 2.05) is 0 Å². The molecule has 0 aliphatic heterocycles. The summed E-state index contributed by atoms with van der Waals surface area (Å²) in [5.41, 5.74) is 0. The summed E-state index contributed by atoms with van der Waals surface area (Å²) in [6.07, 6.45) is 0.134. The molecule has 5 nitrogen and oxygen atoms in total. The van der Waals surface area contributed by atoms with E-state index >= 15 is 0 Å². The second kappa shape index (κ2) is 8.36. The molecule has 0 radical (unpaired) electrons. The Hall–Kier alpha value is -0.240. The number of aliphatic hydroxyl groups excluding tert-OH is 2. The minimum atomic E-state index is -4.05. The summed E-state index contributed by atoms with van der Waals surface area (Å²) >= 11 is 0. The number of alkyl halides is 1. The molecule has 0 saturated heterocycles. The monoisotopic (exact) mass is 218 g/mol. The van der Waals surface area contributed by atoms with Crippen molar-refractivity contribution in [3.05, 3.63) is 0 Å². The number of rotatable bonds is 4. The van der Waals surface area contributed by atoms with Gasteiger partial charge in [0.25, 0.3) is 10.1 Å². The maximum Gasteiger partial charge on any atom is 0.267 e. The minimum absolute atomic E-state index is 0.0810. The lowest BCUT2D eigenvalue weighted by atomic mass is 10.3. The molecule has 1 unspecified atom stereocenters. The summed E-state index contributed by atoms with van der Waals surface area (Å²) in [7, 11) is -4.05. The van der Waals surface area contributed by atoms with Crippen molar-refractivity contribution >= 4 is 10.1 Å². The summed E-state index contributed by atoms with van der Waals surface area (Å²) in [6, 6.07) is 0. The molecule has 0 spiro atoms. The fraction of sp³-hybridized carbons (Fsp3) is 1.00. The highest BCUT2D eigenvalue weighted by atomic mass is 32.2. The Balaban J connectivity index is 0. The van der Waals surface area contributed by atoms with Crippen molar-refractivity contribution in [2.24, 2.45) is 0 Å². The van der Waals surface area contributed by atoms with Crippen LogP contribution in [0.4, 0.5) is 4.39 Å². The highest BCUT2D eigenvalue weighted by molar-refractivity contribution is 7.85. The van der Waals surface area contributed by atoms with Gasteiger partial charge in [0.05, 0.1) is 6.10 Å². The summed E-state index contributed by atoms with van der Waals surface area (Å²) in [6.45, 7) is 0.701. The lowest BCUT2D eigenvalue weighted by Gasteiger charge is -1.95. The summed E-state index contributed by atoms with van der Waals surface area (Å²) < 4.78 is 37.8. The number of aliphatic hydroxyl groups is 2. The summed E-state index contributed by atoms with van der Waals surface area (Å²) in [5.74, 6) is -0.799. The Bertz CT molecular complexity index is 189. The zero-order valence-electron chi connectivity index (χ0n) is 7.35. The van der Waals surface area contributed by atoms with Gasteiger partial charge in [-0.25, -0.2) is 4.39 Å². The Kier molecular flexibility index (Phi) is 9.80.